The van der Waals surface area contributed by atoms with Gasteiger partial charge in [-0.05, 0) is 13.3 Å². The average molecular weight is 212 g/mol. The molecule has 0 aliphatic carbocycles. The zero-order valence-corrected chi connectivity index (χ0v) is 8.73. The van der Waals surface area contributed by atoms with E-state index in [4.69, 9.17) is 0 Å². The molecular weight excluding hydrogens is 200 g/mol. The molecular formula is C8H12N4OS. The highest BCUT2D eigenvalue weighted by atomic mass is 32.1. The average Bonchev–Trinajstić information content (AvgIpc) is 2.72. The van der Waals surface area contributed by atoms with Crippen LogP contribution in [-0.2, 0) is 4.79 Å². The van der Waals surface area contributed by atoms with Crippen molar-refractivity contribution in [2.75, 3.05) is 11.9 Å². The number of aromatic nitrogens is 2. The number of amides is 1. The maximum atomic E-state index is 10.9. The molecule has 6 heteroatoms. The predicted octanol–water partition coefficient (Wildman–Crippen LogP) is 0.537. The Kier molecular flexibility index (Phi) is 2.62. The van der Waals surface area contributed by atoms with E-state index in [0.717, 1.165) is 23.1 Å². The maximum Gasteiger partial charge on any atom is 0.220 e. The first kappa shape index (κ1) is 9.39. The number of nitrogens with one attached hydrogen (secondary N) is 2. The third kappa shape index (κ3) is 2.20. The quantitative estimate of drug-likeness (QED) is 0.767. The minimum Gasteiger partial charge on any atom is -0.358 e. The van der Waals surface area contributed by atoms with Gasteiger partial charge in [0, 0.05) is 19.0 Å². The summed E-state index contributed by atoms with van der Waals surface area (Å²) in [5.74, 6) is 0.144. The number of rotatable bonds is 3. The van der Waals surface area contributed by atoms with E-state index >= 15 is 0 Å². The van der Waals surface area contributed by atoms with Crippen LogP contribution in [0.4, 0.5) is 5.13 Å². The molecule has 0 bridgehead atoms. The Balaban J connectivity index is 1.80. The van der Waals surface area contributed by atoms with E-state index in [2.05, 4.69) is 20.8 Å². The normalized spacial score (nSPS) is 20.9. The lowest BCUT2D eigenvalue weighted by Gasteiger charge is -2.09. The van der Waals surface area contributed by atoms with Crippen LogP contribution in [0.3, 0.4) is 0 Å². The molecule has 1 amide bonds. The van der Waals surface area contributed by atoms with Crippen LogP contribution in [0.2, 0.25) is 0 Å². The van der Waals surface area contributed by atoms with E-state index in [1.54, 1.807) is 0 Å². The van der Waals surface area contributed by atoms with Crippen LogP contribution in [0.5, 0.6) is 0 Å². The monoisotopic (exact) mass is 212 g/mol. The van der Waals surface area contributed by atoms with Crippen LogP contribution in [0.25, 0.3) is 0 Å². The van der Waals surface area contributed by atoms with Crippen LogP contribution >= 0.6 is 11.3 Å². The van der Waals surface area contributed by atoms with Gasteiger partial charge >= 0.3 is 0 Å². The van der Waals surface area contributed by atoms with Gasteiger partial charge in [-0.25, -0.2) is 0 Å². The second-order valence-corrected chi connectivity index (χ2v) is 4.49. The van der Waals surface area contributed by atoms with Gasteiger partial charge in [0.05, 0.1) is 0 Å². The van der Waals surface area contributed by atoms with Gasteiger partial charge in [-0.15, -0.1) is 10.2 Å². The molecule has 76 valence electrons. The van der Waals surface area contributed by atoms with E-state index in [0.29, 0.717) is 6.42 Å². The molecule has 1 aromatic heterocycles. The van der Waals surface area contributed by atoms with Crippen molar-refractivity contribution in [2.24, 2.45) is 0 Å². The molecule has 2 rings (SSSR count). The summed E-state index contributed by atoms with van der Waals surface area (Å²) in [6.07, 6.45) is 1.55. The Morgan fingerprint density at radius 3 is 3.07 bits per heavy atom. The number of carbonyl (C=O) groups excluding carboxylic acids is 1. The minimum atomic E-state index is 0.144. The second-order valence-electron chi connectivity index (χ2n) is 3.31. The van der Waals surface area contributed by atoms with Crippen molar-refractivity contribution in [3.05, 3.63) is 5.01 Å². The van der Waals surface area contributed by atoms with Crippen LogP contribution in [-0.4, -0.2) is 28.7 Å². The second kappa shape index (κ2) is 3.91. The van der Waals surface area contributed by atoms with Gasteiger partial charge in [0.1, 0.15) is 5.01 Å². The molecule has 2 N–H and O–H groups in total. The Bertz CT molecular complexity index is 338. The van der Waals surface area contributed by atoms with E-state index < -0.39 is 0 Å². The molecule has 0 unspecified atom stereocenters. The van der Waals surface area contributed by atoms with Crippen LogP contribution < -0.4 is 10.6 Å². The summed E-state index contributed by atoms with van der Waals surface area (Å²) in [7, 11) is 0. The van der Waals surface area contributed by atoms with Gasteiger partial charge in [-0.3, -0.25) is 4.79 Å². The molecule has 0 radical (unpaired) electrons. The summed E-state index contributed by atoms with van der Waals surface area (Å²) < 4.78 is 0. The van der Waals surface area contributed by atoms with Crippen molar-refractivity contribution >= 4 is 22.4 Å². The molecule has 2 heterocycles. The van der Waals surface area contributed by atoms with Gasteiger partial charge < -0.3 is 10.6 Å². The molecule has 0 spiro atoms. The molecule has 1 aliphatic heterocycles. The Hall–Kier alpha value is -1.17. The Morgan fingerprint density at radius 1 is 1.64 bits per heavy atom. The smallest absolute Gasteiger partial charge is 0.220 e. The number of anilines is 1. The van der Waals surface area contributed by atoms with Gasteiger partial charge in [0.2, 0.25) is 11.0 Å². The molecule has 0 saturated carbocycles. The number of carbonyl (C=O) groups is 1. The summed E-state index contributed by atoms with van der Waals surface area (Å²) in [6, 6.07) is 0.242. The highest BCUT2D eigenvalue weighted by Crippen LogP contribution is 2.14. The van der Waals surface area contributed by atoms with E-state index in [-0.39, 0.29) is 11.9 Å². The molecule has 1 fully saturated rings. The van der Waals surface area contributed by atoms with Gasteiger partial charge in [0.25, 0.3) is 0 Å². The number of aryl methyl sites for hydroxylation is 1. The fourth-order valence-corrected chi connectivity index (χ4v) is 2.01. The van der Waals surface area contributed by atoms with Crippen LogP contribution in [0.15, 0.2) is 0 Å². The summed E-state index contributed by atoms with van der Waals surface area (Å²) >= 11 is 1.53. The molecule has 14 heavy (non-hydrogen) atoms. The summed E-state index contributed by atoms with van der Waals surface area (Å²) in [4.78, 5) is 10.9. The third-order valence-corrected chi connectivity index (χ3v) is 2.91. The van der Waals surface area contributed by atoms with Gasteiger partial charge in [0.15, 0.2) is 0 Å². The van der Waals surface area contributed by atoms with Crippen molar-refractivity contribution in [1.82, 2.24) is 15.5 Å². The highest BCUT2D eigenvalue weighted by molar-refractivity contribution is 7.15. The number of hydrogen-bond donors (Lipinski definition) is 2. The lowest BCUT2D eigenvalue weighted by molar-refractivity contribution is -0.119. The zero-order chi connectivity index (χ0) is 9.97. The third-order valence-electron chi connectivity index (χ3n) is 2.11. The SMILES string of the molecule is Cc1nnc(NC[C@H]2CCC(=O)N2)s1. The topological polar surface area (TPSA) is 66.9 Å². The van der Waals surface area contributed by atoms with Crippen LogP contribution in [0.1, 0.15) is 17.8 Å². The lowest BCUT2D eigenvalue weighted by Crippen LogP contribution is -2.31. The molecule has 0 aromatic carbocycles. The fourth-order valence-electron chi connectivity index (χ4n) is 1.41. The lowest BCUT2D eigenvalue weighted by atomic mass is 10.2. The molecule has 1 aliphatic rings. The zero-order valence-electron chi connectivity index (χ0n) is 7.91. The number of hydrogen-bond acceptors (Lipinski definition) is 5. The predicted molar refractivity (Wildman–Crippen MR) is 54.3 cm³/mol. The standard InChI is InChI=1S/C8H12N4OS/c1-5-11-12-8(14-5)9-4-6-2-3-7(13)10-6/h6H,2-4H2,1H3,(H,9,12)(H,10,13)/t6-/m1/s1. The summed E-state index contributed by atoms with van der Waals surface area (Å²) in [6.45, 7) is 2.65. The van der Waals surface area contributed by atoms with Crippen molar-refractivity contribution in [1.29, 1.82) is 0 Å². The summed E-state index contributed by atoms with van der Waals surface area (Å²) in [5.41, 5.74) is 0. The minimum absolute atomic E-state index is 0.144. The largest absolute Gasteiger partial charge is 0.358 e. The van der Waals surface area contributed by atoms with Crippen molar-refractivity contribution in [3.63, 3.8) is 0 Å². The Labute approximate surface area is 85.9 Å². The molecule has 5 nitrogen and oxygen atoms in total. The first-order valence-corrected chi connectivity index (χ1v) is 5.39. The van der Waals surface area contributed by atoms with E-state index in [1.807, 2.05) is 6.92 Å². The van der Waals surface area contributed by atoms with Crippen molar-refractivity contribution in [3.8, 4) is 0 Å². The van der Waals surface area contributed by atoms with Crippen molar-refractivity contribution in [2.45, 2.75) is 25.8 Å². The summed E-state index contributed by atoms with van der Waals surface area (Å²) in [5, 5.41) is 15.7. The van der Waals surface area contributed by atoms with Gasteiger partial charge in [-0.2, -0.15) is 0 Å². The Morgan fingerprint density at radius 2 is 2.50 bits per heavy atom. The molecule has 1 saturated heterocycles. The first-order valence-electron chi connectivity index (χ1n) is 4.57. The van der Waals surface area contributed by atoms with Crippen LogP contribution in [0, 0.1) is 6.92 Å². The fraction of sp³-hybridized carbons (Fsp3) is 0.625. The number of nitrogens with zero attached hydrogens (tertiary/aromatic N) is 2. The van der Waals surface area contributed by atoms with Crippen molar-refractivity contribution < 1.29 is 4.79 Å². The van der Waals surface area contributed by atoms with E-state index in [1.165, 1.54) is 11.3 Å². The molecule has 1 atom stereocenters. The highest BCUT2D eigenvalue weighted by Gasteiger charge is 2.20. The molecule has 1 aromatic rings. The van der Waals surface area contributed by atoms with Gasteiger partial charge in [-0.1, -0.05) is 11.3 Å². The first-order chi connectivity index (χ1) is 6.74. The van der Waals surface area contributed by atoms with E-state index in [9.17, 15) is 4.79 Å². The maximum absolute atomic E-state index is 10.9.